The van der Waals surface area contributed by atoms with Crippen LogP contribution >= 0.6 is 0 Å². The van der Waals surface area contributed by atoms with Crippen molar-refractivity contribution in [2.75, 3.05) is 24.6 Å². The summed E-state index contributed by atoms with van der Waals surface area (Å²) in [6.45, 7) is 11.8. The number of nitrogens with zero attached hydrogens (tertiary/aromatic N) is 2. The first-order valence-corrected chi connectivity index (χ1v) is 10.8. The second-order valence-corrected chi connectivity index (χ2v) is 7.40. The van der Waals surface area contributed by atoms with Gasteiger partial charge in [-0.3, -0.25) is 0 Å². The van der Waals surface area contributed by atoms with Crippen LogP contribution in [0, 0.1) is 11.3 Å². The van der Waals surface area contributed by atoms with Gasteiger partial charge < -0.3 is 19.1 Å². The molecule has 0 fully saturated rings. The number of anilines is 1. The third-order valence-electron chi connectivity index (χ3n) is 5.21. The Morgan fingerprint density at radius 2 is 1.88 bits per heavy atom. The number of nitriles is 1. The molecular formula is C26H28N2O4. The predicted molar refractivity (Wildman–Crippen MR) is 125 cm³/mol. The average Bonchev–Trinajstić information content (AvgIpc) is 2.75. The highest BCUT2D eigenvalue weighted by molar-refractivity contribution is 5.95. The lowest BCUT2D eigenvalue weighted by Crippen LogP contribution is -2.21. The van der Waals surface area contributed by atoms with Crippen molar-refractivity contribution in [1.82, 2.24) is 0 Å². The molecule has 0 amide bonds. The van der Waals surface area contributed by atoms with Crippen molar-refractivity contribution in [3.8, 4) is 11.8 Å². The Kier molecular flexibility index (Phi) is 7.21. The molecule has 1 aromatic rings. The average molecular weight is 433 g/mol. The molecule has 6 heteroatoms. The smallest absolute Gasteiger partial charge is 0.349 e. The van der Waals surface area contributed by atoms with E-state index in [1.807, 2.05) is 25.1 Å². The fourth-order valence-electron chi connectivity index (χ4n) is 3.67. The second-order valence-electron chi connectivity index (χ2n) is 7.40. The van der Waals surface area contributed by atoms with Crippen molar-refractivity contribution in [3.63, 3.8) is 0 Å². The van der Waals surface area contributed by atoms with Gasteiger partial charge in [-0.05, 0) is 70.6 Å². The Balaban J connectivity index is 1.96. The molecule has 6 nitrogen and oxygen atoms in total. The van der Waals surface area contributed by atoms with Crippen molar-refractivity contribution in [2.24, 2.45) is 0 Å². The molecular weight excluding hydrogens is 404 g/mol. The minimum atomic E-state index is -0.651. The molecule has 3 rings (SSSR count). The number of hydrogen-bond acceptors (Lipinski definition) is 6. The monoisotopic (exact) mass is 432 g/mol. The molecule has 1 aromatic carbocycles. The molecule has 0 bridgehead atoms. The van der Waals surface area contributed by atoms with Crippen LogP contribution in [-0.4, -0.2) is 25.7 Å². The molecule has 32 heavy (non-hydrogen) atoms. The number of esters is 1. The van der Waals surface area contributed by atoms with Gasteiger partial charge in [0.25, 0.3) is 0 Å². The number of allylic oxidation sites excluding steroid dienone is 7. The first kappa shape index (κ1) is 23.0. The van der Waals surface area contributed by atoms with E-state index in [1.165, 1.54) is 0 Å². The van der Waals surface area contributed by atoms with Gasteiger partial charge in [0.05, 0.1) is 6.61 Å². The van der Waals surface area contributed by atoms with Crippen molar-refractivity contribution in [2.45, 2.75) is 34.6 Å². The molecule has 0 radical (unpaired) electrons. The lowest BCUT2D eigenvalue weighted by atomic mass is 10.0. The molecule has 0 N–H and O–H groups in total. The number of fused-ring (bicyclic) bond motifs is 1. The van der Waals surface area contributed by atoms with E-state index in [2.05, 4.69) is 30.9 Å². The van der Waals surface area contributed by atoms with Crippen LogP contribution in [0.4, 0.5) is 5.69 Å². The summed E-state index contributed by atoms with van der Waals surface area (Å²) in [5.41, 5.74) is 3.61. The van der Waals surface area contributed by atoms with Crippen LogP contribution in [0.25, 0.3) is 5.57 Å². The van der Waals surface area contributed by atoms with Gasteiger partial charge in [-0.2, -0.15) is 5.26 Å². The summed E-state index contributed by atoms with van der Waals surface area (Å²) in [6.07, 6.45) is 6.99. The molecule has 0 aliphatic carbocycles. The topological polar surface area (TPSA) is 71.8 Å². The Morgan fingerprint density at radius 1 is 1.12 bits per heavy atom. The summed E-state index contributed by atoms with van der Waals surface area (Å²) in [4.78, 5) is 14.4. The maximum Gasteiger partial charge on any atom is 0.349 e. The van der Waals surface area contributed by atoms with Crippen molar-refractivity contribution in [3.05, 3.63) is 76.5 Å². The van der Waals surface area contributed by atoms with Gasteiger partial charge in [0.15, 0.2) is 0 Å². The van der Waals surface area contributed by atoms with Gasteiger partial charge in [-0.25, -0.2) is 4.79 Å². The normalized spacial score (nSPS) is 17.6. The van der Waals surface area contributed by atoms with Gasteiger partial charge in [-0.15, -0.1) is 0 Å². The highest BCUT2D eigenvalue weighted by atomic mass is 16.5. The van der Waals surface area contributed by atoms with Crippen LogP contribution in [-0.2, 0) is 14.3 Å². The molecule has 0 saturated carbocycles. The number of hydrogen-bond donors (Lipinski definition) is 0. The zero-order chi connectivity index (χ0) is 23.3. The Hall–Kier alpha value is -3.72. The summed E-state index contributed by atoms with van der Waals surface area (Å²) in [5.74, 6) is 1.78. The quantitative estimate of drug-likeness (QED) is 0.340. The Bertz CT molecular complexity index is 1110. The van der Waals surface area contributed by atoms with Crippen LogP contribution < -0.4 is 9.64 Å². The van der Waals surface area contributed by atoms with E-state index >= 15 is 0 Å². The standard InChI is InChI=1S/C26H28N2O4/c1-6-28(7-2)20-9-10-23-17(4)11-21(32-25(23)14-20)15-22-13-19(12-18(5)31-22)24(16-27)26(29)30-8-3/h9-15H,6-8H2,1-5H3. The maximum atomic E-state index is 12.1. The lowest BCUT2D eigenvalue weighted by Gasteiger charge is -2.25. The van der Waals surface area contributed by atoms with E-state index in [-0.39, 0.29) is 12.2 Å². The second kappa shape index (κ2) is 10.1. The van der Waals surface area contributed by atoms with Gasteiger partial charge in [0.2, 0.25) is 0 Å². The zero-order valence-corrected chi connectivity index (χ0v) is 19.2. The maximum absolute atomic E-state index is 12.1. The van der Waals surface area contributed by atoms with Gasteiger partial charge in [-0.1, -0.05) is 0 Å². The van der Waals surface area contributed by atoms with Gasteiger partial charge in [0, 0.05) is 42.1 Å². The summed E-state index contributed by atoms with van der Waals surface area (Å²) in [7, 11) is 0. The predicted octanol–water partition coefficient (Wildman–Crippen LogP) is 5.41. The fraction of sp³-hybridized carbons (Fsp3) is 0.308. The minimum absolute atomic E-state index is 0.0594. The van der Waals surface area contributed by atoms with Crippen molar-refractivity contribution >= 4 is 17.2 Å². The van der Waals surface area contributed by atoms with E-state index in [9.17, 15) is 10.1 Å². The molecule has 0 unspecified atom stereocenters. The molecule has 166 valence electrons. The number of carbonyl (C=O) groups excluding carboxylic acids is 1. The van der Waals surface area contributed by atoms with E-state index < -0.39 is 5.97 Å². The van der Waals surface area contributed by atoms with E-state index in [1.54, 1.807) is 32.1 Å². The van der Waals surface area contributed by atoms with E-state index in [0.717, 1.165) is 35.7 Å². The highest BCUT2D eigenvalue weighted by Gasteiger charge is 2.20. The number of carbonyl (C=O) groups is 1. The molecule has 2 aliphatic rings. The van der Waals surface area contributed by atoms with Gasteiger partial charge in [0.1, 0.15) is 34.7 Å². The van der Waals surface area contributed by atoms with E-state index in [0.29, 0.717) is 22.9 Å². The van der Waals surface area contributed by atoms with Crippen LogP contribution in [0.2, 0.25) is 0 Å². The molecule has 0 saturated heterocycles. The summed E-state index contributed by atoms with van der Waals surface area (Å²) < 4.78 is 17.0. The zero-order valence-electron chi connectivity index (χ0n) is 19.2. The van der Waals surface area contributed by atoms with Crippen LogP contribution in [0.15, 0.2) is 70.9 Å². The SMILES string of the molecule is CCOC(=O)C(C#N)=C1C=C(C)OC(C=C2C=C(C)c3ccc(N(CC)CC)cc3O2)=C1. The first-order chi connectivity index (χ1) is 15.4. The van der Waals surface area contributed by atoms with E-state index in [4.69, 9.17) is 14.2 Å². The van der Waals surface area contributed by atoms with Crippen LogP contribution in [0.1, 0.15) is 40.2 Å². The third kappa shape index (κ3) is 4.94. The largest absolute Gasteiger partial charge is 0.462 e. The van der Waals surface area contributed by atoms with Crippen LogP contribution in [0.3, 0.4) is 0 Å². The number of benzene rings is 1. The van der Waals surface area contributed by atoms with Gasteiger partial charge >= 0.3 is 5.97 Å². The third-order valence-corrected chi connectivity index (χ3v) is 5.21. The molecule has 2 heterocycles. The van der Waals surface area contributed by atoms with Crippen LogP contribution in [0.5, 0.6) is 5.75 Å². The summed E-state index contributed by atoms with van der Waals surface area (Å²) >= 11 is 0. The van der Waals surface area contributed by atoms with Crippen molar-refractivity contribution in [1.29, 1.82) is 5.26 Å². The Labute approximate surface area is 189 Å². The molecule has 2 aliphatic heterocycles. The lowest BCUT2D eigenvalue weighted by molar-refractivity contribution is -0.138. The highest BCUT2D eigenvalue weighted by Crippen LogP contribution is 2.37. The molecule has 0 aromatic heterocycles. The summed E-state index contributed by atoms with van der Waals surface area (Å²) in [6, 6.07) is 8.18. The fourth-order valence-corrected chi connectivity index (χ4v) is 3.67. The minimum Gasteiger partial charge on any atom is -0.462 e. The molecule has 0 spiro atoms. The Morgan fingerprint density at radius 3 is 2.53 bits per heavy atom. The number of ether oxygens (including phenoxy) is 3. The first-order valence-electron chi connectivity index (χ1n) is 10.8. The number of rotatable bonds is 6. The summed E-state index contributed by atoms with van der Waals surface area (Å²) in [5, 5.41) is 9.46. The van der Waals surface area contributed by atoms with Crippen molar-refractivity contribution < 1.29 is 19.0 Å². The molecule has 0 atom stereocenters.